The fourth-order valence-corrected chi connectivity index (χ4v) is 1.37. The van der Waals surface area contributed by atoms with Crippen LogP contribution in [-0.2, 0) is 11.2 Å². The van der Waals surface area contributed by atoms with Crippen molar-refractivity contribution in [1.82, 2.24) is 9.97 Å². The third kappa shape index (κ3) is 2.17. The highest BCUT2D eigenvalue weighted by Gasteiger charge is 2.14. The minimum Gasteiger partial charge on any atom is -0.481 e. The van der Waals surface area contributed by atoms with Crippen molar-refractivity contribution in [2.45, 2.75) is 6.42 Å². The normalized spacial score (nSPS) is 10.4. The highest BCUT2D eigenvalue weighted by atomic mass is 16.4. The average Bonchev–Trinajstić information content (AvgIpc) is 2.76. The summed E-state index contributed by atoms with van der Waals surface area (Å²) in [5.41, 5.74) is 4.90. The van der Waals surface area contributed by atoms with Gasteiger partial charge in [-0.05, 0) is 12.1 Å². The number of nitrogens with two attached hydrogens (primary N) is 1. The fraction of sp³-hybridized carbons (Fsp3) is 0.100. The Kier molecular flexibility index (Phi) is 2.65. The molecule has 0 aromatic carbocycles. The molecule has 7 heteroatoms. The molecule has 0 fully saturated rings. The molecule has 7 nitrogen and oxygen atoms in total. The maximum Gasteiger partial charge on any atom is 0.308 e. The van der Waals surface area contributed by atoms with E-state index >= 15 is 0 Å². The molecule has 17 heavy (non-hydrogen) atoms. The number of anilines is 1. The fourth-order valence-electron chi connectivity index (χ4n) is 1.37. The molecule has 0 aliphatic rings. The number of nitrogens with zero attached hydrogens (tertiary/aromatic N) is 1. The average molecular weight is 235 g/mol. The molecule has 0 spiro atoms. The second kappa shape index (κ2) is 4.12. The van der Waals surface area contributed by atoms with Gasteiger partial charge in [0.1, 0.15) is 5.82 Å². The molecule has 2 aromatic rings. The van der Waals surface area contributed by atoms with Crippen molar-refractivity contribution in [2.24, 2.45) is 0 Å². The lowest BCUT2D eigenvalue weighted by atomic mass is 10.2. The van der Waals surface area contributed by atoms with Crippen LogP contribution in [0.2, 0.25) is 0 Å². The van der Waals surface area contributed by atoms with Gasteiger partial charge in [0.15, 0.2) is 11.6 Å². The van der Waals surface area contributed by atoms with Crippen molar-refractivity contribution in [1.29, 1.82) is 0 Å². The maximum atomic E-state index is 11.6. The number of nitrogen functional groups attached to an aromatic ring is 1. The van der Waals surface area contributed by atoms with Gasteiger partial charge in [0.25, 0.3) is 5.56 Å². The summed E-state index contributed by atoms with van der Waals surface area (Å²) in [5.74, 6) is -0.723. The summed E-state index contributed by atoms with van der Waals surface area (Å²) in [6.07, 6.45) is 0.962. The molecule has 88 valence electrons. The molecule has 2 heterocycles. The number of carbonyl (C=O) groups is 1. The number of furan rings is 1. The summed E-state index contributed by atoms with van der Waals surface area (Å²) in [4.78, 5) is 28.5. The minimum absolute atomic E-state index is 0.0622. The van der Waals surface area contributed by atoms with E-state index in [0.717, 1.165) is 0 Å². The van der Waals surface area contributed by atoms with Crippen molar-refractivity contribution >= 4 is 11.8 Å². The number of rotatable bonds is 3. The van der Waals surface area contributed by atoms with Gasteiger partial charge in [0.2, 0.25) is 0 Å². The Morgan fingerprint density at radius 2 is 2.35 bits per heavy atom. The van der Waals surface area contributed by atoms with Crippen LogP contribution in [0.15, 0.2) is 27.6 Å². The van der Waals surface area contributed by atoms with Gasteiger partial charge >= 0.3 is 5.97 Å². The van der Waals surface area contributed by atoms with E-state index in [1.54, 1.807) is 12.1 Å². The van der Waals surface area contributed by atoms with Gasteiger partial charge in [-0.15, -0.1) is 0 Å². The molecule has 0 aliphatic heterocycles. The molecule has 0 bridgehead atoms. The molecule has 0 aliphatic carbocycles. The number of hydrogen-bond acceptors (Lipinski definition) is 5. The Bertz CT molecular complexity index is 601. The number of carboxylic acid groups (broad SMARTS) is 1. The SMILES string of the molecule is Nc1nc(-c2ccco2)[nH]c(=O)c1CC(=O)O. The molecule has 0 saturated heterocycles. The summed E-state index contributed by atoms with van der Waals surface area (Å²) in [5, 5.41) is 8.61. The van der Waals surface area contributed by atoms with E-state index in [-0.39, 0.29) is 17.2 Å². The van der Waals surface area contributed by atoms with Crippen LogP contribution in [0.3, 0.4) is 0 Å². The predicted octanol–water partition coefficient (Wildman–Crippen LogP) is 0.239. The highest BCUT2D eigenvalue weighted by molar-refractivity contribution is 5.72. The first-order valence-electron chi connectivity index (χ1n) is 4.72. The molecule has 0 unspecified atom stereocenters. The van der Waals surface area contributed by atoms with Crippen LogP contribution in [0.4, 0.5) is 5.82 Å². The van der Waals surface area contributed by atoms with Crippen LogP contribution in [0, 0.1) is 0 Å². The largest absolute Gasteiger partial charge is 0.481 e. The lowest BCUT2D eigenvalue weighted by Gasteiger charge is -2.03. The molecule has 0 saturated carbocycles. The first kappa shape index (κ1) is 10.9. The standard InChI is InChI=1S/C10H9N3O4/c11-8-5(4-7(14)15)10(16)13-9(12-8)6-2-1-3-17-6/h1-3H,4H2,(H,14,15)(H3,11,12,13,16). The molecule has 0 atom stereocenters. The van der Waals surface area contributed by atoms with Gasteiger partial charge in [0.05, 0.1) is 18.2 Å². The molecule has 0 radical (unpaired) electrons. The summed E-state index contributed by atoms with van der Waals surface area (Å²) >= 11 is 0. The predicted molar refractivity (Wildman–Crippen MR) is 58.3 cm³/mol. The van der Waals surface area contributed by atoms with Crippen molar-refractivity contribution in [3.05, 3.63) is 34.3 Å². The van der Waals surface area contributed by atoms with Crippen LogP contribution in [0.25, 0.3) is 11.6 Å². The van der Waals surface area contributed by atoms with Crippen molar-refractivity contribution in [2.75, 3.05) is 5.73 Å². The molecule has 2 aromatic heterocycles. The zero-order chi connectivity index (χ0) is 12.4. The first-order valence-corrected chi connectivity index (χ1v) is 4.72. The van der Waals surface area contributed by atoms with Gasteiger partial charge in [-0.2, -0.15) is 0 Å². The van der Waals surface area contributed by atoms with E-state index in [1.165, 1.54) is 6.26 Å². The van der Waals surface area contributed by atoms with E-state index in [1.807, 2.05) is 0 Å². The summed E-state index contributed by atoms with van der Waals surface area (Å²) < 4.78 is 5.05. The summed E-state index contributed by atoms with van der Waals surface area (Å²) in [6.45, 7) is 0. The number of H-pyrrole nitrogens is 1. The second-order valence-electron chi connectivity index (χ2n) is 3.33. The number of aromatic nitrogens is 2. The van der Waals surface area contributed by atoms with Gasteiger partial charge in [-0.3, -0.25) is 9.59 Å². The Labute approximate surface area is 94.9 Å². The van der Waals surface area contributed by atoms with Gasteiger partial charge in [-0.1, -0.05) is 0 Å². The van der Waals surface area contributed by atoms with Crippen LogP contribution >= 0.6 is 0 Å². The van der Waals surface area contributed by atoms with E-state index in [2.05, 4.69) is 9.97 Å². The molecule has 0 amide bonds. The summed E-state index contributed by atoms with van der Waals surface area (Å²) in [7, 11) is 0. The highest BCUT2D eigenvalue weighted by Crippen LogP contribution is 2.15. The Balaban J connectivity index is 2.49. The van der Waals surface area contributed by atoms with Crippen LogP contribution in [0.5, 0.6) is 0 Å². The van der Waals surface area contributed by atoms with E-state index < -0.39 is 17.9 Å². The maximum absolute atomic E-state index is 11.6. The molecular weight excluding hydrogens is 226 g/mol. The third-order valence-electron chi connectivity index (χ3n) is 2.13. The summed E-state index contributed by atoms with van der Waals surface area (Å²) in [6, 6.07) is 3.24. The van der Waals surface area contributed by atoms with Gasteiger partial charge < -0.3 is 20.2 Å². The Hall–Kier alpha value is -2.57. The Morgan fingerprint density at radius 3 is 2.88 bits per heavy atom. The molecular formula is C10H9N3O4. The third-order valence-corrected chi connectivity index (χ3v) is 2.13. The number of nitrogens with one attached hydrogen (secondary N) is 1. The lowest BCUT2D eigenvalue weighted by molar-refractivity contribution is -0.136. The van der Waals surface area contributed by atoms with Crippen molar-refractivity contribution in [3.63, 3.8) is 0 Å². The zero-order valence-electron chi connectivity index (χ0n) is 8.64. The van der Waals surface area contributed by atoms with Crippen LogP contribution in [-0.4, -0.2) is 21.0 Å². The smallest absolute Gasteiger partial charge is 0.308 e. The minimum atomic E-state index is -1.14. The van der Waals surface area contributed by atoms with Crippen molar-refractivity contribution in [3.8, 4) is 11.6 Å². The zero-order valence-corrected chi connectivity index (χ0v) is 8.64. The molecule has 4 N–H and O–H groups in total. The first-order chi connectivity index (χ1) is 8.08. The topological polar surface area (TPSA) is 122 Å². The number of aliphatic carboxylic acids is 1. The van der Waals surface area contributed by atoms with Gasteiger partial charge in [-0.25, -0.2) is 4.98 Å². The van der Waals surface area contributed by atoms with E-state index in [0.29, 0.717) is 5.76 Å². The van der Waals surface area contributed by atoms with Crippen molar-refractivity contribution < 1.29 is 14.3 Å². The van der Waals surface area contributed by atoms with E-state index in [9.17, 15) is 9.59 Å². The molecule has 2 rings (SSSR count). The quantitative estimate of drug-likeness (QED) is 0.700. The number of aromatic amines is 1. The van der Waals surface area contributed by atoms with Crippen LogP contribution < -0.4 is 11.3 Å². The number of hydrogen-bond donors (Lipinski definition) is 3. The van der Waals surface area contributed by atoms with E-state index in [4.69, 9.17) is 15.3 Å². The number of carboxylic acids is 1. The second-order valence-corrected chi connectivity index (χ2v) is 3.33. The Morgan fingerprint density at radius 1 is 1.59 bits per heavy atom. The van der Waals surface area contributed by atoms with Crippen LogP contribution in [0.1, 0.15) is 5.56 Å². The van der Waals surface area contributed by atoms with Gasteiger partial charge in [0, 0.05) is 0 Å². The monoisotopic (exact) mass is 235 g/mol. The lowest BCUT2D eigenvalue weighted by Crippen LogP contribution is -2.20.